The van der Waals surface area contributed by atoms with Crippen molar-refractivity contribution in [3.63, 3.8) is 0 Å². The van der Waals surface area contributed by atoms with Crippen LogP contribution in [0.3, 0.4) is 0 Å². The molecule has 3 nitrogen and oxygen atoms in total. The highest BCUT2D eigenvalue weighted by Crippen LogP contribution is 1.93. The summed E-state index contributed by atoms with van der Waals surface area (Å²) < 4.78 is 0.646. The smallest absolute Gasteiger partial charge is 0.153 e. The van der Waals surface area contributed by atoms with Gasteiger partial charge in [0.25, 0.3) is 0 Å². The average molecular weight is 211 g/mol. The van der Waals surface area contributed by atoms with Gasteiger partial charge in [-0.05, 0) is 18.4 Å². The molecule has 5 heteroatoms. The highest BCUT2D eigenvalue weighted by molar-refractivity contribution is 8.22. The number of thiocarbonyl (C=S) groups is 1. The largest absolute Gasteiger partial charge is 0.262 e. The van der Waals surface area contributed by atoms with Crippen molar-refractivity contribution < 1.29 is 0 Å². The van der Waals surface area contributed by atoms with Gasteiger partial charge in [-0.3, -0.25) is 10.4 Å². The standard InChI is InChI=1S/C8H9N3S2/c1-13-8(12)11-10-6-7-4-2-3-5-9-7/h2-6H,1H3,(H,11,12). The molecule has 1 rings (SSSR count). The van der Waals surface area contributed by atoms with E-state index in [9.17, 15) is 0 Å². The number of rotatable bonds is 2. The van der Waals surface area contributed by atoms with Crippen molar-refractivity contribution in [2.45, 2.75) is 0 Å². The van der Waals surface area contributed by atoms with Crippen LogP contribution in [0.15, 0.2) is 29.5 Å². The van der Waals surface area contributed by atoms with Crippen molar-refractivity contribution in [2.24, 2.45) is 5.10 Å². The summed E-state index contributed by atoms with van der Waals surface area (Å²) in [5.74, 6) is 0. The van der Waals surface area contributed by atoms with Gasteiger partial charge in [-0.2, -0.15) is 5.10 Å². The van der Waals surface area contributed by atoms with Crippen LogP contribution in [0.4, 0.5) is 0 Å². The van der Waals surface area contributed by atoms with Crippen LogP contribution < -0.4 is 5.43 Å². The molecule has 0 amide bonds. The van der Waals surface area contributed by atoms with Gasteiger partial charge in [0.2, 0.25) is 0 Å². The molecule has 0 saturated heterocycles. The molecule has 0 atom stereocenters. The second-order valence-corrected chi connectivity index (χ2v) is 3.60. The van der Waals surface area contributed by atoms with Crippen LogP contribution in [0, 0.1) is 0 Å². The molecule has 1 aromatic rings. The van der Waals surface area contributed by atoms with Crippen LogP contribution in [0.25, 0.3) is 0 Å². The van der Waals surface area contributed by atoms with Gasteiger partial charge < -0.3 is 0 Å². The molecule has 0 radical (unpaired) electrons. The first kappa shape index (κ1) is 10.1. The summed E-state index contributed by atoms with van der Waals surface area (Å²) in [5.41, 5.74) is 3.51. The number of hydrogen-bond acceptors (Lipinski definition) is 4. The Bertz CT molecular complexity index is 298. The Morgan fingerprint density at radius 3 is 3.15 bits per heavy atom. The predicted molar refractivity (Wildman–Crippen MR) is 61.1 cm³/mol. The molecule has 0 aromatic carbocycles. The van der Waals surface area contributed by atoms with E-state index in [1.54, 1.807) is 12.4 Å². The molecular formula is C8H9N3S2. The third-order valence-corrected chi connectivity index (χ3v) is 2.28. The van der Waals surface area contributed by atoms with Gasteiger partial charge in [0.15, 0.2) is 4.32 Å². The molecule has 1 aromatic heterocycles. The Hall–Kier alpha value is -0.940. The highest BCUT2D eigenvalue weighted by atomic mass is 32.2. The fourth-order valence-corrected chi connectivity index (χ4v) is 0.846. The van der Waals surface area contributed by atoms with Crippen LogP contribution in [0.1, 0.15) is 5.69 Å². The summed E-state index contributed by atoms with van der Waals surface area (Å²) in [7, 11) is 0. The molecule has 13 heavy (non-hydrogen) atoms. The minimum atomic E-state index is 0.646. The van der Waals surface area contributed by atoms with E-state index >= 15 is 0 Å². The zero-order chi connectivity index (χ0) is 9.52. The third kappa shape index (κ3) is 4.00. The first-order valence-corrected chi connectivity index (χ1v) is 5.24. The summed E-state index contributed by atoms with van der Waals surface area (Å²) in [5, 5.41) is 3.91. The Kier molecular flexibility index (Phi) is 4.42. The Morgan fingerprint density at radius 1 is 1.69 bits per heavy atom. The topological polar surface area (TPSA) is 37.3 Å². The van der Waals surface area contributed by atoms with Crippen molar-refractivity contribution in [1.29, 1.82) is 0 Å². The second-order valence-electron chi connectivity index (χ2n) is 2.12. The first-order chi connectivity index (χ1) is 6.33. The molecule has 0 unspecified atom stereocenters. The van der Waals surface area contributed by atoms with Crippen LogP contribution in [0.2, 0.25) is 0 Å². The van der Waals surface area contributed by atoms with E-state index in [1.807, 2.05) is 24.5 Å². The molecule has 0 bridgehead atoms. The maximum Gasteiger partial charge on any atom is 0.153 e. The summed E-state index contributed by atoms with van der Waals surface area (Å²) in [6, 6.07) is 5.63. The first-order valence-electron chi connectivity index (χ1n) is 3.61. The van der Waals surface area contributed by atoms with Crippen molar-refractivity contribution in [1.82, 2.24) is 10.4 Å². The van der Waals surface area contributed by atoms with Gasteiger partial charge in [-0.15, -0.1) is 0 Å². The lowest BCUT2D eigenvalue weighted by molar-refractivity contribution is 1.07. The lowest BCUT2D eigenvalue weighted by atomic mass is 10.4. The van der Waals surface area contributed by atoms with Gasteiger partial charge in [-0.25, -0.2) is 0 Å². The maximum absolute atomic E-state index is 4.89. The number of hydrogen-bond donors (Lipinski definition) is 1. The Labute approximate surface area is 86.6 Å². The number of pyridine rings is 1. The van der Waals surface area contributed by atoms with Crippen molar-refractivity contribution in [2.75, 3.05) is 6.26 Å². The van der Waals surface area contributed by atoms with Crippen LogP contribution >= 0.6 is 24.0 Å². The minimum absolute atomic E-state index is 0.646. The van der Waals surface area contributed by atoms with E-state index in [2.05, 4.69) is 15.5 Å². The van der Waals surface area contributed by atoms with E-state index in [1.165, 1.54) is 11.8 Å². The molecular weight excluding hydrogens is 202 g/mol. The van der Waals surface area contributed by atoms with Crippen molar-refractivity contribution in [3.8, 4) is 0 Å². The maximum atomic E-state index is 4.89. The van der Waals surface area contributed by atoms with E-state index in [4.69, 9.17) is 12.2 Å². The molecule has 1 heterocycles. The number of hydrazone groups is 1. The molecule has 0 aliphatic rings. The van der Waals surface area contributed by atoms with Crippen LogP contribution in [-0.2, 0) is 0 Å². The normalized spacial score (nSPS) is 10.2. The lowest BCUT2D eigenvalue weighted by Gasteiger charge is -1.95. The van der Waals surface area contributed by atoms with E-state index in [0.29, 0.717) is 4.32 Å². The summed E-state index contributed by atoms with van der Waals surface area (Å²) >= 11 is 6.33. The minimum Gasteiger partial charge on any atom is -0.262 e. The second kappa shape index (κ2) is 5.66. The molecule has 68 valence electrons. The van der Waals surface area contributed by atoms with Gasteiger partial charge in [-0.1, -0.05) is 30.0 Å². The SMILES string of the molecule is CSC(=S)NN=Cc1ccccn1. The van der Waals surface area contributed by atoms with E-state index in [-0.39, 0.29) is 0 Å². The molecule has 0 saturated carbocycles. The van der Waals surface area contributed by atoms with Crippen molar-refractivity contribution in [3.05, 3.63) is 30.1 Å². The molecule has 0 spiro atoms. The molecule has 1 N–H and O–H groups in total. The van der Waals surface area contributed by atoms with Gasteiger partial charge >= 0.3 is 0 Å². The van der Waals surface area contributed by atoms with Gasteiger partial charge in [0.05, 0.1) is 11.9 Å². The summed E-state index contributed by atoms with van der Waals surface area (Å²) in [6.45, 7) is 0. The van der Waals surface area contributed by atoms with E-state index in [0.717, 1.165) is 5.69 Å². The zero-order valence-electron chi connectivity index (χ0n) is 7.10. The van der Waals surface area contributed by atoms with Gasteiger partial charge in [0.1, 0.15) is 0 Å². The monoisotopic (exact) mass is 211 g/mol. The fraction of sp³-hybridized carbons (Fsp3) is 0.125. The summed E-state index contributed by atoms with van der Waals surface area (Å²) in [4.78, 5) is 4.06. The number of nitrogens with zero attached hydrogens (tertiary/aromatic N) is 2. The zero-order valence-corrected chi connectivity index (χ0v) is 8.73. The number of nitrogens with one attached hydrogen (secondary N) is 1. The average Bonchev–Trinajstić information content (AvgIpc) is 2.19. The summed E-state index contributed by atoms with van der Waals surface area (Å²) in [6.07, 6.45) is 5.24. The van der Waals surface area contributed by atoms with Crippen LogP contribution in [0.5, 0.6) is 0 Å². The highest BCUT2D eigenvalue weighted by Gasteiger charge is 1.87. The molecule has 0 aliphatic carbocycles. The number of aromatic nitrogens is 1. The van der Waals surface area contributed by atoms with Gasteiger partial charge in [0, 0.05) is 6.20 Å². The quantitative estimate of drug-likeness (QED) is 0.458. The molecule has 0 fully saturated rings. The van der Waals surface area contributed by atoms with Crippen LogP contribution in [-0.4, -0.2) is 21.8 Å². The van der Waals surface area contributed by atoms with E-state index < -0.39 is 0 Å². The van der Waals surface area contributed by atoms with Crippen molar-refractivity contribution >= 4 is 34.5 Å². The number of thioether (sulfide) groups is 1. The Morgan fingerprint density at radius 2 is 2.54 bits per heavy atom. The fourth-order valence-electron chi connectivity index (χ4n) is 0.649. The lowest BCUT2D eigenvalue weighted by Crippen LogP contribution is -2.10. The predicted octanol–water partition coefficient (Wildman–Crippen LogP) is 1.65. The molecule has 0 aliphatic heterocycles. The third-order valence-electron chi connectivity index (χ3n) is 1.23. The Balaban J connectivity index is 2.45.